The normalized spacial score (nSPS) is 15.2. The van der Waals surface area contributed by atoms with Crippen molar-refractivity contribution in [2.75, 3.05) is 37.6 Å². The average molecular weight is 489 g/mol. The van der Waals surface area contributed by atoms with E-state index in [9.17, 15) is 24.0 Å². The van der Waals surface area contributed by atoms with Gasteiger partial charge < -0.3 is 25.8 Å². The molecule has 0 saturated carbocycles. The maximum absolute atomic E-state index is 13.3. The van der Waals surface area contributed by atoms with E-state index in [1.165, 1.54) is 11.8 Å². The summed E-state index contributed by atoms with van der Waals surface area (Å²) in [6, 6.07) is 2.03. The largest absolute Gasteiger partial charge is 0.363 e. The van der Waals surface area contributed by atoms with E-state index in [4.69, 9.17) is 5.73 Å². The summed E-state index contributed by atoms with van der Waals surface area (Å²) in [7, 11) is 0. The molecular formula is C24H36N6O5. The first kappa shape index (κ1) is 27.7. The number of carbonyl (C=O) groups excluding carboxylic acids is 5. The number of hydrogen-bond acceptors (Lipinski definition) is 7. The summed E-state index contributed by atoms with van der Waals surface area (Å²) in [4.78, 5) is 70.8. The molecule has 2 heterocycles. The number of ketones is 1. The molecule has 11 heteroatoms. The Morgan fingerprint density at radius 1 is 1.17 bits per heavy atom. The number of nitrogens with two attached hydrogens (primary N) is 1. The van der Waals surface area contributed by atoms with Gasteiger partial charge in [0.15, 0.2) is 0 Å². The van der Waals surface area contributed by atoms with Crippen molar-refractivity contribution in [2.24, 2.45) is 5.73 Å². The van der Waals surface area contributed by atoms with Crippen LogP contribution in [0.3, 0.4) is 0 Å². The van der Waals surface area contributed by atoms with Crippen molar-refractivity contribution in [2.45, 2.75) is 59.0 Å². The molecule has 1 fully saturated rings. The summed E-state index contributed by atoms with van der Waals surface area (Å²) >= 11 is 0. The van der Waals surface area contributed by atoms with Gasteiger partial charge in [0, 0.05) is 52.3 Å². The van der Waals surface area contributed by atoms with Crippen LogP contribution in [0.2, 0.25) is 0 Å². The maximum Gasteiger partial charge on any atom is 0.284 e. The second-order valence-electron chi connectivity index (χ2n) is 8.73. The topological polar surface area (TPSA) is 146 Å². The van der Waals surface area contributed by atoms with Gasteiger partial charge >= 0.3 is 0 Å². The number of aryl methyl sites for hydroxylation is 1. The van der Waals surface area contributed by atoms with Gasteiger partial charge in [-0.2, -0.15) is 0 Å². The van der Waals surface area contributed by atoms with Crippen molar-refractivity contribution >= 4 is 35.2 Å². The second-order valence-corrected chi connectivity index (χ2v) is 8.73. The molecule has 0 radical (unpaired) electrons. The summed E-state index contributed by atoms with van der Waals surface area (Å²) in [5, 5.41) is 2.70. The zero-order valence-electron chi connectivity index (χ0n) is 21.0. The molecule has 0 bridgehead atoms. The van der Waals surface area contributed by atoms with E-state index >= 15 is 0 Å². The van der Waals surface area contributed by atoms with Crippen molar-refractivity contribution in [3.8, 4) is 0 Å². The van der Waals surface area contributed by atoms with Gasteiger partial charge in [0.25, 0.3) is 5.91 Å². The minimum Gasteiger partial charge on any atom is -0.363 e. The van der Waals surface area contributed by atoms with Crippen LogP contribution in [0.4, 0.5) is 5.82 Å². The van der Waals surface area contributed by atoms with E-state index in [0.717, 1.165) is 11.4 Å². The lowest BCUT2D eigenvalue weighted by Crippen LogP contribution is -2.57. The molecule has 0 spiro atoms. The number of piperazine rings is 1. The lowest BCUT2D eigenvalue weighted by atomic mass is 10.1. The molecule has 2 atom stereocenters. The molecule has 2 rings (SSSR count). The number of carbonyl (C=O) groups is 5. The highest BCUT2D eigenvalue weighted by Crippen LogP contribution is 2.18. The molecular weight excluding hydrogens is 452 g/mol. The number of primary amides is 1. The zero-order chi connectivity index (χ0) is 26.1. The third-order valence-electron chi connectivity index (χ3n) is 6.14. The molecule has 0 aliphatic carbocycles. The Balaban J connectivity index is 2.11. The quantitative estimate of drug-likeness (QED) is 0.417. The van der Waals surface area contributed by atoms with E-state index in [2.05, 4.69) is 15.2 Å². The Labute approximate surface area is 206 Å². The van der Waals surface area contributed by atoms with Crippen molar-refractivity contribution < 1.29 is 24.0 Å². The van der Waals surface area contributed by atoms with Gasteiger partial charge in [0.2, 0.25) is 23.5 Å². The molecule has 1 saturated heterocycles. The van der Waals surface area contributed by atoms with Gasteiger partial charge in [-0.15, -0.1) is 0 Å². The van der Waals surface area contributed by atoms with E-state index in [1.54, 1.807) is 18.0 Å². The molecule has 3 N–H and O–H groups in total. The van der Waals surface area contributed by atoms with E-state index in [0.29, 0.717) is 39.1 Å². The fourth-order valence-corrected chi connectivity index (χ4v) is 4.12. The average Bonchev–Trinajstić information content (AvgIpc) is 2.84. The number of aromatic nitrogens is 1. The fraction of sp³-hybridized carbons (Fsp3) is 0.583. The molecule has 192 valence electrons. The van der Waals surface area contributed by atoms with Crippen LogP contribution in [0.25, 0.3) is 0 Å². The van der Waals surface area contributed by atoms with Crippen molar-refractivity contribution in [3.63, 3.8) is 0 Å². The lowest BCUT2D eigenvalue weighted by Gasteiger charge is -2.38. The third-order valence-corrected chi connectivity index (χ3v) is 6.14. The number of anilines is 1. The minimum absolute atomic E-state index is 0.0630. The van der Waals surface area contributed by atoms with Crippen LogP contribution in [0, 0.1) is 6.92 Å². The number of Topliss-reactive ketones (excluding diaryl/α,β-unsaturated/α-hetero) is 1. The Hall–Kier alpha value is -3.50. The molecule has 1 aliphatic rings. The van der Waals surface area contributed by atoms with Crippen molar-refractivity contribution in [1.82, 2.24) is 20.1 Å². The Morgan fingerprint density at radius 2 is 1.83 bits per heavy atom. The van der Waals surface area contributed by atoms with E-state index in [1.807, 2.05) is 26.0 Å². The van der Waals surface area contributed by atoms with Gasteiger partial charge in [-0.25, -0.2) is 4.98 Å². The highest BCUT2D eigenvalue weighted by molar-refractivity contribution is 6.35. The van der Waals surface area contributed by atoms with E-state index in [-0.39, 0.29) is 24.7 Å². The van der Waals surface area contributed by atoms with Gasteiger partial charge in [0.1, 0.15) is 17.9 Å². The van der Waals surface area contributed by atoms with Crippen molar-refractivity contribution in [1.29, 1.82) is 0 Å². The summed E-state index contributed by atoms with van der Waals surface area (Å²) in [5.74, 6) is -2.11. The van der Waals surface area contributed by atoms with Crippen LogP contribution in [0.1, 0.15) is 45.6 Å². The minimum atomic E-state index is -1.08. The number of nitrogens with one attached hydrogen (secondary N) is 1. The number of hydrogen-bond donors (Lipinski definition) is 2. The van der Waals surface area contributed by atoms with E-state index < -0.39 is 29.7 Å². The molecule has 35 heavy (non-hydrogen) atoms. The SMILES string of the molecule is CCCN(C(C)=O)C(C)C(=O)N[C@@H](CCC(=O)C(N)=O)C(=O)N1CCN(c2ncccc2C)CC1. The number of pyridine rings is 1. The molecule has 1 aromatic rings. The van der Waals surface area contributed by atoms with Crippen LogP contribution in [-0.2, 0) is 24.0 Å². The Kier molecular flexibility index (Phi) is 10.2. The van der Waals surface area contributed by atoms with Crippen molar-refractivity contribution in [3.05, 3.63) is 23.9 Å². The highest BCUT2D eigenvalue weighted by atomic mass is 16.2. The number of nitrogens with zero attached hydrogens (tertiary/aromatic N) is 4. The maximum atomic E-state index is 13.3. The smallest absolute Gasteiger partial charge is 0.284 e. The van der Waals surface area contributed by atoms with Gasteiger partial charge in [0.05, 0.1) is 0 Å². The summed E-state index contributed by atoms with van der Waals surface area (Å²) in [6.07, 6.45) is 2.07. The zero-order valence-corrected chi connectivity index (χ0v) is 21.0. The Bertz CT molecular complexity index is 944. The van der Waals surface area contributed by atoms with Crippen LogP contribution in [-0.4, -0.2) is 89.0 Å². The van der Waals surface area contributed by atoms with Gasteiger partial charge in [-0.3, -0.25) is 24.0 Å². The first-order valence-corrected chi connectivity index (χ1v) is 11.9. The molecule has 1 aromatic heterocycles. The Morgan fingerprint density at radius 3 is 2.37 bits per heavy atom. The van der Waals surface area contributed by atoms with Gasteiger partial charge in [-0.1, -0.05) is 13.0 Å². The molecule has 1 aliphatic heterocycles. The standard InChI is InChI=1S/C24H36N6O5/c1-5-11-30(18(4)31)17(3)23(34)27-19(8-9-20(32)21(25)33)24(35)29-14-12-28(13-15-29)22-16(2)7-6-10-26-22/h6-7,10,17,19H,5,8-9,11-15H2,1-4H3,(H2,25,33)(H,27,34)/t17?,19-/m0/s1. The monoisotopic (exact) mass is 488 g/mol. The van der Waals surface area contributed by atoms with Crippen LogP contribution < -0.4 is 16.0 Å². The van der Waals surface area contributed by atoms with Crippen LogP contribution in [0.5, 0.6) is 0 Å². The second kappa shape index (κ2) is 12.8. The molecule has 1 unspecified atom stereocenters. The third kappa shape index (κ3) is 7.49. The number of rotatable bonds is 11. The number of amides is 4. The highest BCUT2D eigenvalue weighted by Gasteiger charge is 2.32. The predicted octanol–water partition coefficient (Wildman–Crippen LogP) is 0.00502. The molecule has 4 amide bonds. The summed E-state index contributed by atoms with van der Waals surface area (Å²) < 4.78 is 0. The molecule has 11 nitrogen and oxygen atoms in total. The first-order chi connectivity index (χ1) is 16.6. The summed E-state index contributed by atoms with van der Waals surface area (Å²) in [5.41, 5.74) is 6.09. The lowest BCUT2D eigenvalue weighted by molar-refractivity contribution is -0.141. The van der Waals surface area contributed by atoms with Crippen LogP contribution in [0.15, 0.2) is 18.3 Å². The fourth-order valence-electron chi connectivity index (χ4n) is 4.12. The molecule has 0 aromatic carbocycles. The summed E-state index contributed by atoms with van der Waals surface area (Å²) in [6.45, 7) is 9.21. The first-order valence-electron chi connectivity index (χ1n) is 11.9. The van der Waals surface area contributed by atoms with Crippen LogP contribution >= 0.6 is 0 Å². The van der Waals surface area contributed by atoms with Gasteiger partial charge in [-0.05, 0) is 38.3 Å². The predicted molar refractivity (Wildman–Crippen MR) is 130 cm³/mol.